The van der Waals surface area contributed by atoms with Gasteiger partial charge in [0.25, 0.3) is 5.56 Å². The molecule has 0 aromatic carbocycles. The Balaban J connectivity index is 3.10. The van der Waals surface area contributed by atoms with Crippen molar-refractivity contribution in [3.63, 3.8) is 0 Å². The Bertz CT molecular complexity index is 402. The Morgan fingerprint density at radius 1 is 1.58 bits per heavy atom. The summed E-state index contributed by atoms with van der Waals surface area (Å²) >= 11 is 0. The van der Waals surface area contributed by atoms with Gasteiger partial charge in [-0.3, -0.25) is 15.2 Å². The quantitative estimate of drug-likeness (QED) is 0.319. The summed E-state index contributed by atoms with van der Waals surface area (Å²) in [4.78, 5) is 25.8. The lowest BCUT2D eigenvalue weighted by Gasteiger charge is -1.95. The second-order valence-corrected chi connectivity index (χ2v) is 2.30. The van der Waals surface area contributed by atoms with Gasteiger partial charge in [0.15, 0.2) is 0 Å². The molecule has 1 aromatic heterocycles. The Hall–Kier alpha value is -1.85. The van der Waals surface area contributed by atoms with Crippen LogP contribution in [0.5, 0.6) is 0 Å². The lowest BCUT2D eigenvalue weighted by atomic mass is 10.2. The number of rotatable bonds is 2. The number of hydrogen-bond donors (Lipinski definition) is 4. The van der Waals surface area contributed by atoms with Gasteiger partial charge in [-0.25, -0.2) is 4.79 Å². The molecule has 0 fully saturated rings. The fourth-order valence-corrected chi connectivity index (χ4v) is 0.774. The molecule has 0 amide bonds. The summed E-state index contributed by atoms with van der Waals surface area (Å²) in [6.45, 7) is 0. The van der Waals surface area contributed by atoms with Gasteiger partial charge in [-0.15, -0.1) is 0 Å². The maximum Gasteiger partial charge on any atom is 0.325 e. The van der Waals surface area contributed by atoms with Gasteiger partial charge in [0, 0.05) is 18.2 Å². The van der Waals surface area contributed by atoms with Crippen LogP contribution in [0.15, 0.2) is 15.8 Å². The van der Waals surface area contributed by atoms with E-state index in [0.29, 0.717) is 0 Å². The molecule has 0 atom stereocenters. The number of aromatic amines is 2. The predicted octanol–water partition coefficient (Wildman–Crippen LogP) is -1.46. The SMILES string of the molecule is N=C(N)Cc1c[nH]c(=O)[nH]c1=O. The highest BCUT2D eigenvalue weighted by Gasteiger charge is 2.00. The molecule has 1 rings (SSSR count). The van der Waals surface area contributed by atoms with Crippen molar-refractivity contribution in [2.75, 3.05) is 0 Å². The van der Waals surface area contributed by atoms with E-state index in [1.54, 1.807) is 0 Å². The predicted molar refractivity (Wildman–Crippen MR) is 43.3 cm³/mol. The molecule has 64 valence electrons. The molecule has 0 aliphatic carbocycles. The monoisotopic (exact) mass is 168 g/mol. The molecule has 0 aliphatic rings. The van der Waals surface area contributed by atoms with Gasteiger partial charge >= 0.3 is 5.69 Å². The third-order valence-corrected chi connectivity index (χ3v) is 1.28. The molecule has 0 bridgehead atoms. The Kier molecular flexibility index (Phi) is 2.09. The highest BCUT2D eigenvalue weighted by molar-refractivity contribution is 5.79. The molecule has 12 heavy (non-hydrogen) atoms. The lowest BCUT2D eigenvalue weighted by Crippen LogP contribution is -2.27. The first kappa shape index (κ1) is 8.25. The summed E-state index contributed by atoms with van der Waals surface area (Å²) < 4.78 is 0. The van der Waals surface area contributed by atoms with Crippen LogP contribution in [0.4, 0.5) is 0 Å². The second-order valence-electron chi connectivity index (χ2n) is 2.30. The van der Waals surface area contributed by atoms with Gasteiger partial charge in [-0.05, 0) is 0 Å². The first-order chi connectivity index (χ1) is 5.59. The van der Waals surface area contributed by atoms with E-state index < -0.39 is 11.2 Å². The Labute approximate surface area is 66.9 Å². The van der Waals surface area contributed by atoms with Crippen LogP contribution in [-0.2, 0) is 6.42 Å². The Morgan fingerprint density at radius 3 is 2.75 bits per heavy atom. The zero-order valence-corrected chi connectivity index (χ0v) is 6.18. The molecule has 0 saturated carbocycles. The minimum absolute atomic E-state index is 0.0477. The first-order valence-electron chi connectivity index (χ1n) is 3.23. The average Bonchev–Trinajstić information content (AvgIpc) is 1.94. The molecular formula is C6H8N4O2. The van der Waals surface area contributed by atoms with Crippen LogP contribution < -0.4 is 17.0 Å². The molecule has 0 aliphatic heterocycles. The first-order valence-corrected chi connectivity index (χ1v) is 3.23. The van der Waals surface area contributed by atoms with E-state index in [9.17, 15) is 9.59 Å². The van der Waals surface area contributed by atoms with Gasteiger partial charge in [0.2, 0.25) is 0 Å². The van der Waals surface area contributed by atoms with Crippen molar-refractivity contribution in [1.29, 1.82) is 5.41 Å². The van der Waals surface area contributed by atoms with E-state index in [0.717, 1.165) is 0 Å². The summed E-state index contributed by atoms with van der Waals surface area (Å²) in [5, 5.41) is 6.92. The standard InChI is InChI=1S/C6H8N4O2/c7-4(8)1-3-2-9-6(12)10-5(3)11/h2H,1H2,(H3,7,8)(H2,9,10,11,12). The zero-order valence-electron chi connectivity index (χ0n) is 6.18. The fourth-order valence-electron chi connectivity index (χ4n) is 0.774. The number of H-pyrrole nitrogens is 2. The lowest BCUT2D eigenvalue weighted by molar-refractivity contribution is 0.988. The molecule has 1 aromatic rings. The van der Waals surface area contributed by atoms with Crippen molar-refractivity contribution in [3.05, 3.63) is 32.6 Å². The van der Waals surface area contributed by atoms with Crippen molar-refractivity contribution in [1.82, 2.24) is 9.97 Å². The highest BCUT2D eigenvalue weighted by atomic mass is 16.2. The van der Waals surface area contributed by atoms with Crippen molar-refractivity contribution < 1.29 is 0 Å². The summed E-state index contributed by atoms with van der Waals surface area (Å²) in [5.41, 5.74) is 4.28. The van der Waals surface area contributed by atoms with Crippen LogP contribution in [0.3, 0.4) is 0 Å². The summed E-state index contributed by atoms with van der Waals surface area (Å²) in [5.74, 6) is -0.118. The van der Waals surface area contributed by atoms with Crippen molar-refractivity contribution >= 4 is 5.84 Å². The van der Waals surface area contributed by atoms with E-state index in [4.69, 9.17) is 11.1 Å². The number of nitrogens with two attached hydrogens (primary N) is 1. The molecule has 0 unspecified atom stereocenters. The molecule has 0 spiro atoms. The van der Waals surface area contributed by atoms with Gasteiger partial charge in [-0.2, -0.15) is 0 Å². The van der Waals surface area contributed by atoms with Crippen LogP contribution in [0, 0.1) is 5.41 Å². The molecule has 0 radical (unpaired) electrons. The van der Waals surface area contributed by atoms with Gasteiger partial charge < -0.3 is 10.7 Å². The third kappa shape index (κ3) is 1.82. The van der Waals surface area contributed by atoms with Crippen molar-refractivity contribution in [2.45, 2.75) is 6.42 Å². The van der Waals surface area contributed by atoms with E-state index in [-0.39, 0.29) is 17.8 Å². The Morgan fingerprint density at radius 2 is 2.25 bits per heavy atom. The minimum Gasteiger partial charge on any atom is -0.387 e. The smallest absolute Gasteiger partial charge is 0.325 e. The molecule has 1 heterocycles. The van der Waals surface area contributed by atoms with Crippen LogP contribution in [0.1, 0.15) is 5.56 Å². The second kappa shape index (κ2) is 3.04. The normalized spacial score (nSPS) is 9.67. The molecular weight excluding hydrogens is 160 g/mol. The van der Waals surface area contributed by atoms with Crippen molar-refractivity contribution in [2.24, 2.45) is 5.73 Å². The maximum atomic E-state index is 10.9. The van der Waals surface area contributed by atoms with E-state index in [2.05, 4.69) is 4.98 Å². The topological polar surface area (TPSA) is 116 Å². The molecule has 6 nitrogen and oxygen atoms in total. The fraction of sp³-hybridized carbons (Fsp3) is 0.167. The van der Waals surface area contributed by atoms with Crippen LogP contribution in [-0.4, -0.2) is 15.8 Å². The molecule has 6 heteroatoms. The summed E-state index contributed by atoms with van der Waals surface area (Å²) in [6, 6.07) is 0. The number of amidine groups is 1. The maximum absolute atomic E-state index is 10.9. The summed E-state index contributed by atoms with van der Waals surface area (Å²) in [7, 11) is 0. The summed E-state index contributed by atoms with van der Waals surface area (Å²) in [6.07, 6.45) is 1.30. The third-order valence-electron chi connectivity index (χ3n) is 1.28. The van der Waals surface area contributed by atoms with E-state index in [1.807, 2.05) is 4.98 Å². The highest BCUT2D eigenvalue weighted by Crippen LogP contribution is 1.84. The molecule has 5 N–H and O–H groups in total. The largest absolute Gasteiger partial charge is 0.387 e. The average molecular weight is 168 g/mol. The molecule has 0 saturated heterocycles. The van der Waals surface area contributed by atoms with Crippen LogP contribution in [0.25, 0.3) is 0 Å². The van der Waals surface area contributed by atoms with Crippen LogP contribution in [0.2, 0.25) is 0 Å². The van der Waals surface area contributed by atoms with Gasteiger partial charge in [0.1, 0.15) is 0 Å². The van der Waals surface area contributed by atoms with Crippen LogP contribution >= 0.6 is 0 Å². The van der Waals surface area contributed by atoms with E-state index in [1.165, 1.54) is 6.20 Å². The number of nitrogens with one attached hydrogen (secondary N) is 3. The number of aromatic nitrogens is 2. The van der Waals surface area contributed by atoms with Gasteiger partial charge in [-0.1, -0.05) is 0 Å². The minimum atomic E-state index is -0.563. The zero-order chi connectivity index (χ0) is 9.14. The van der Waals surface area contributed by atoms with E-state index >= 15 is 0 Å². The van der Waals surface area contributed by atoms with Crippen molar-refractivity contribution in [3.8, 4) is 0 Å². The van der Waals surface area contributed by atoms with Gasteiger partial charge in [0.05, 0.1) is 5.84 Å². The number of hydrogen-bond acceptors (Lipinski definition) is 3.